The molecule has 0 amide bonds. The maximum Gasteiger partial charge on any atom is 3.00 e. The number of phosphoric acid groups is 1. The van der Waals surface area contributed by atoms with Gasteiger partial charge in [0, 0.05) is 76.2 Å². The minimum atomic E-state index is -5.39. The second kappa shape index (κ2) is 13.7. The molecule has 0 saturated heterocycles. The third kappa shape index (κ3) is 94.1. The smallest absolute Gasteiger partial charge is 0.822 e. The Morgan fingerprint density at radius 2 is 1.00 bits per heavy atom. The van der Waals surface area contributed by atoms with E-state index in [1.807, 2.05) is 0 Å². The van der Waals surface area contributed by atoms with E-state index in [0.29, 0.717) is 0 Å². The van der Waals surface area contributed by atoms with Gasteiger partial charge < -0.3 is 19.2 Å². The van der Waals surface area contributed by atoms with E-state index in [-0.39, 0.29) is 93.3 Å². The van der Waals surface area contributed by atoms with Crippen molar-refractivity contribution in [3.05, 3.63) is 0 Å². The summed E-state index contributed by atoms with van der Waals surface area (Å²) in [7, 11) is -5.39. The van der Waals surface area contributed by atoms with Gasteiger partial charge in [-0.15, -0.1) is 0 Å². The Balaban J connectivity index is -0.0000000133. The predicted molar refractivity (Wildman–Crippen MR) is 19.1 cm³/mol. The molecule has 0 aromatic carbocycles. The van der Waals surface area contributed by atoms with Crippen LogP contribution in [0.25, 0.3) is 0 Å². The largest absolute Gasteiger partial charge is 3.00 e. The van der Waals surface area contributed by atoms with Crippen molar-refractivity contribution in [3.63, 3.8) is 0 Å². The van der Waals surface area contributed by atoms with Crippen LogP contribution in [-0.4, -0.2) is 59.1 Å². The van der Waals surface area contributed by atoms with Gasteiger partial charge in [0.15, 0.2) is 0 Å². The van der Waals surface area contributed by atoms with Gasteiger partial charge in [-0.3, -0.25) is 0 Å². The molecule has 0 N–H and O–H groups in total. The normalized spacial score (nSPS) is 6.56. The van der Waals surface area contributed by atoms with Gasteiger partial charge in [-0.2, -0.15) is 7.82 Å². The van der Waals surface area contributed by atoms with Crippen LogP contribution in [0.15, 0.2) is 0 Å². The Morgan fingerprint density at radius 1 is 1.00 bits per heavy atom. The van der Waals surface area contributed by atoms with Crippen molar-refractivity contribution in [1.82, 2.24) is 0 Å². The second-order valence-corrected chi connectivity index (χ2v) is 1.34. The van der Waals surface area contributed by atoms with Crippen LogP contribution in [-0.2, 0) is 38.7 Å². The molecule has 0 saturated carbocycles. The zero-order valence-corrected chi connectivity index (χ0v) is 11.9. The van der Waals surface area contributed by atoms with E-state index in [1.54, 1.807) is 0 Å². The van der Waals surface area contributed by atoms with Gasteiger partial charge in [0.1, 0.15) is 0 Å². The molecule has 0 heterocycles. The van der Waals surface area contributed by atoms with Gasteiger partial charge in [0.05, 0.1) is 0 Å². The first-order valence-electron chi connectivity index (χ1n) is 0.730. The summed E-state index contributed by atoms with van der Waals surface area (Å²) < 4.78 is 8.55. The van der Waals surface area contributed by atoms with Crippen molar-refractivity contribution in [3.8, 4) is 0 Å². The number of rotatable bonds is 0. The molecule has 9 heteroatoms. The molecule has 0 aliphatic heterocycles. The Kier molecular flexibility index (Phi) is 45.0. The van der Waals surface area contributed by atoms with Gasteiger partial charge in [-0.25, -0.2) is 0 Å². The summed E-state index contributed by atoms with van der Waals surface area (Å²) in [4.78, 5) is 25.6. The molecular formula is Fe2Na2O4P. The van der Waals surface area contributed by atoms with Crippen molar-refractivity contribution >= 4 is 66.9 Å². The zero-order valence-electron chi connectivity index (χ0n) is 4.79. The minimum absolute atomic E-state index is 0. The topological polar surface area (TPSA) is 86.2 Å². The van der Waals surface area contributed by atoms with Gasteiger partial charge in [0.25, 0.3) is 0 Å². The molecule has 0 aliphatic rings. The fraction of sp³-hybridized carbons (Fsp3) is 0. The first kappa shape index (κ1) is 29.5. The third-order valence-corrected chi connectivity index (χ3v) is 0. The van der Waals surface area contributed by atoms with Crippen molar-refractivity contribution in [2.45, 2.75) is 0 Å². The van der Waals surface area contributed by atoms with E-state index in [9.17, 15) is 0 Å². The van der Waals surface area contributed by atoms with Crippen LogP contribution in [0.1, 0.15) is 0 Å². The zero-order chi connectivity index (χ0) is 4.50. The summed E-state index contributed by atoms with van der Waals surface area (Å²) in [6.07, 6.45) is 0. The van der Waals surface area contributed by atoms with Gasteiger partial charge in [0.2, 0.25) is 0 Å². The first-order valence-corrected chi connectivity index (χ1v) is 2.19. The van der Waals surface area contributed by atoms with Crippen LogP contribution in [0.4, 0.5) is 0 Å². The van der Waals surface area contributed by atoms with Gasteiger partial charge in [-0.05, 0) is 0 Å². The molecule has 0 atom stereocenters. The summed E-state index contributed by atoms with van der Waals surface area (Å²) in [5.41, 5.74) is 0. The maximum absolute atomic E-state index is 8.55. The van der Waals surface area contributed by atoms with E-state index >= 15 is 0 Å². The third-order valence-electron chi connectivity index (χ3n) is 0. The molecule has 3 radical (unpaired) electrons. The molecule has 9 heavy (non-hydrogen) atoms. The molecule has 0 unspecified atom stereocenters. The first-order chi connectivity index (χ1) is 2.00. The Hall–Kier alpha value is 3.15. The minimum Gasteiger partial charge on any atom is -0.822 e. The fourth-order valence-electron chi connectivity index (χ4n) is 0. The Labute approximate surface area is 118 Å². The monoisotopic (exact) mass is 253 g/mol. The molecule has 0 fully saturated rings. The van der Waals surface area contributed by atoms with Crippen LogP contribution in [0, 0.1) is 0 Å². The molecular weight excluding hydrogens is 253 g/mol. The Bertz CT molecular complexity index is 62.7. The molecule has 0 aliphatic carbocycles. The van der Waals surface area contributed by atoms with E-state index in [0.717, 1.165) is 0 Å². The predicted octanol–water partition coefficient (Wildman–Crippen LogP) is -3.59. The maximum atomic E-state index is 8.55. The van der Waals surface area contributed by atoms with Crippen LogP contribution in [0.5, 0.6) is 0 Å². The van der Waals surface area contributed by atoms with E-state index in [4.69, 9.17) is 19.2 Å². The molecule has 0 aromatic heterocycles. The molecule has 0 rings (SSSR count). The molecule has 0 aromatic rings. The van der Waals surface area contributed by atoms with Crippen molar-refractivity contribution in [1.29, 1.82) is 0 Å². The van der Waals surface area contributed by atoms with Crippen LogP contribution in [0.2, 0.25) is 0 Å². The van der Waals surface area contributed by atoms with Gasteiger partial charge in [-0.1, -0.05) is 0 Å². The summed E-state index contributed by atoms with van der Waals surface area (Å²) >= 11 is 0. The van der Waals surface area contributed by atoms with Crippen molar-refractivity contribution in [2.75, 3.05) is 0 Å². The quantitative estimate of drug-likeness (QED) is 0.329. The summed E-state index contributed by atoms with van der Waals surface area (Å²) in [5.74, 6) is 0. The van der Waals surface area contributed by atoms with E-state index < -0.39 is 7.82 Å². The molecule has 4 nitrogen and oxygen atoms in total. The molecule has 0 bridgehead atoms. The fourth-order valence-corrected chi connectivity index (χ4v) is 0. The molecule has 47 valence electrons. The number of hydrogen-bond donors (Lipinski definition) is 0. The van der Waals surface area contributed by atoms with Crippen LogP contribution < -0.4 is 14.7 Å². The molecule has 0 spiro atoms. The van der Waals surface area contributed by atoms with Crippen molar-refractivity contribution < 1.29 is 53.4 Å². The van der Waals surface area contributed by atoms with E-state index in [1.165, 1.54) is 0 Å². The number of hydrogen-bond acceptors (Lipinski definition) is 4. The summed E-state index contributed by atoms with van der Waals surface area (Å²) in [5, 5.41) is 0. The standard InChI is InChI=1S/2Fe.2Na.H3O4P/c;;;;1-5(2,3)4/h;;;;(H3,1,2,3,4)/q;+3;;;/p-3. The van der Waals surface area contributed by atoms with Crippen LogP contribution >= 0.6 is 7.82 Å². The van der Waals surface area contributed by atoms with Gasteiger partial charge >= 0.3 is 17.1 Å². The summed E-state index contributed by atoms with van der Waals surface area (Å²) in [6, 6.07) is 0. The van der Waals surface area contributed by atoms with Crippen molar-refractivity contribution in [2.24, 2.45) is 0 Å². The van der Waals surface area contributed by atoms with Crippen LogP contribution in [0.3, 0.4) is 0 Å². The SMILES string of the molecule is O=P([O-])([O-])[O-].[Fe+3].[Fe].[Na].[Na]. The summed E-state index contributed by atoms with van der Waals surface area (Å²) in [6.45, 7) is 0. The average Bonchev–Trinajstić information content (AvgIpc) is 0.722. The Morgan fingerprint density at radius 3 is 1.00 bits per heavy atom. The van der Waals surface area contributed by atoms with E-state index in [2.05, 4.69) is 0 Å². The average molecular weight is 253 g/mol. The second-order valence-electron chi connectivity index (χ2n) is 0.447.